The molecule has 0 aliphatic heterocycles. The Labute approximate surface area is 60.4 Å². The summed E-state index contributed by atoms with van der Waals surface area (Å²) in [5.74, 6) is 0. The van der Waals surface area contributed by atoms with Gasteiger partial charge in [0.15, 0.2) is 0 Å². The van der Waals surface area contributed by atoms with Crippen LogP contribution in [-0.2, 0) is 4.74 Å². The predicted octanol–water partition coefficient (Wildman–Crippen LogP) is 3.10. The summed E-state index contributed by atoms with van der Waals surface area (Å²) in [6, 6.07) is 0. The van der Waals surface area contributed by atoms with Gasteiger partial charge in [0.05, 0.1) is 0 Å². The van der Waals surface area contributed by atoms with E-state index in [0.29, 0.717) is 0 Å². The van der Waals surface area contributed by atoms with E-state index < -0.39 is 0 Å². The summed E-state index contributed by atoms with van der Waals surface area (Å²) < 4.78 is 4.69. The Morgan fingerprint density at radius 2 is 1.33 bits per heavy atom. The van der Waals surface area contributed by atoms with Gasteiger partial charge in [-0.1, -0.05) is 34.6 Å². The van der Waals surface area contributed by atoms with Crippen LogP contribution in [0.2, 0.25) is 0 Å². The van der Waals surface area contributed by atoms with E-state index >= 15 is 0 Å². The van der Waals surface area contributed by atoms with Crippen molar-refractivity contribution in [2.75, 3.05) is 13.7 Å². The molecular formula is C8H22O. The van der Waals surface area contributed by atoms with Crippen molar-refractivity contribution in [1.82, 2.24) is 0 Å². The van der Waals surface area contributed by atoms with Gasteiger partial charge in [-0.25, -0.2) is 0 Å². The molecule has 0 aromatic carbocycles. The minimum atomic E-state index is 0.889. The Hall–Kier alpha value is -0.0400. The minimum absolute atomic E-state index is 0.889. The third kappa shape index (κ3) is 73.6. The Kier molecular flexibility index (Phi) is 78.2. The number of hydrogen-bond donors (Lipinski definition) is 0. The molecule has 0 aliphatic rings. The van der Waals surface area contributed by atoms with Crippen molar-refractivity contribution in [2.24, 2.45) is 0 Å². The Morgan fingerprint density at radius 1 is 1.00 bits per heavy atom. The first-order valence-corrected chi connectivity index (χ1v) is 3.90. The number of ether oxygens (including phenoxy) is 1. The molecule has 0 radical (unpaired) electrons. The molecule has 9 heavy (non-hydrogen) atoms. The van der Waals surface area contributed by atoms with Crippen LogP contribution in [0.1, 0.15) is 41.0 Å². The van der Waals surface area contributed by atoms with Gasteiger partial charge in [0, 0.05) is 13.7 Å². The Bertz CT molecular complexity index is 12.0. The SMILES string of the molecule is CC.CC.CCCOC. The molecule has 0 atom stereocenters. The fourth-order valence-corrected chi connectivity index (χ4v) is 0.204. The summed E-state index contributed by atoms with van der Waals surface area (Å²) >= 11 is 0. The normalized spacial score (nSPS) is 6.00. The fraction of sp³-hybridized carbons (Fsp3) is 1.00. The minimum Gasteiger partial charge on any atom is -0.385 e. The van der Waals surface area contributed by atoms with Crippen LogP contribution in [0.4, 0.5) is 0 Å². The van der Waals surface area contributed by atoms with E-state index in [2.05, 4.69) is 6.92 Å². The summed E-state index contributed by atoms with van der Waals surface area (Å²) in [5, 5.41) is 0. The summed E-state index contributed by atoms with van der Waals surface area (Å²) in [5.41, 5.74) is 0. The highest BCUT2D eigenvalue weighted by molar-refractivity contribution is 4.15. The lowest BCUT2D eigenvalue weighted by molar-refractivity contribution is 0.199. The molecule has 1 heteroatoms. The van der Waals surface area contributed by atoms with Crippen LogP contribution >= 0.6 is 0 Å². The zero-order valence-corrected chi connectivity index (χ0v) is 7.82. The lowest BCUT2D eigenvalue weighted by atomic mass is 10.5. The van der Waals surface area contributed by atoms with Gasteiger partial charge >= 0.3 is 0 Å². The van der Waals surface area contributed by atoms with Crippen LogP contribution in [0.15, 0.2) is 0 Å². The van der Waals surface area contributed by atoms with Crippen molar-refractivity contribution in [3.63, 3.8) is 0 Å². The van der Waals surface area contributed by atoms with Crippen LogP contribution < -0.4 is 0 Å². The van der Waals surface area contributed by atoms with Gasteiger partial charge in [-0.3, -0.25) is 0 Å². The molecule has 0 bridgehead atoms. The number of methoxy groups -OCH3 is 1. The zero-order chi connectivity index (χ0) is 8.12. The average Bonchev–Trinajstić information content (AvgIpc) is 1.98. The molecule has 60 valence electrons. The van der Waals surface area contributed by atoms with Crippen molar-refractivity contribution in [3.8, 4) is 0 Å². The second-order valence-corrected chi connectivity index (χ2v) is 0.993. The fourth-order valence-electron chi connectivity index (χ4n) is 0.204. The van der Waals surface area contributed by atoms with Gasteiger partial charge in [0.1, 0.15) is 0 Å². The monoisotopic (exact) mass is 134 g/mol. The average molecular weight is 134 g/mol. The van der Waals surface area contributed by atoms with Gasteiger partial charge in [-0.05, 0) is 6.42 Å². The number of rotatable bonds is 2. The van der Waals surface area contributed by atoms with Gasteiger partial charge in [0.2, 0.25) is 0 Å². The standard InChI is InChI=1S/C4H10O.2C2H6/c1-3-4-5-2;2*1-2/h3-4H2,1-2H3;2*1-2H3. The molecule has 0 saturated carbocycles. The van der Waals surface area contributed by atoms with Gasteiger partial charge in [0.25, 0.3) is 0 Å². The predicted molar refractivity (Wildman–Crippen MR) is 44.9 cm³/mol. The van der Waals surface area contributed by atoms with Crippen LogP contribution in [0.5, 0.6) is 0 Å². The van der Waals surface area contributed by atoms with E-state index in [1.54, 1.807) is 7.11 Å². The first-order chi connectivity index (χ1) is 4.41. The van der Waals surface area contributed by atoms with Crippen molar-refractivity contribution < 1.29 is 4.74 Å². The van der Waals surface area contributed by atoms with Crippen molar-refractivity contribution in [2.45, 2.75) is 41.0 Å². The molecule has 0 spiro atoms. The van der Waals surface area contributed by atoms with E-state index in [4.69, 9.17) is 4.74 Å². The maximum atomic E-state index is 4.69. The molecule has 1 nitrogen and oxygen atoms in total. The summed E-state index contributed by atoms with van der Waals surface area (Å²) in [6.45, 7) is 11.0. The lowest BCUT2D eigenvalue weighted by Crippen LogP contribution is -1.80. The number of hydrogen-bond acceptors (Lipinski definition) is 1. The molecule has 0 heterocycles. The summed E-state index contributed by atoms with van der Waals surface area (Å²) in [6.07, 6.45) is 1.12. The highest BCUT2D eigenvalue weighted by Crippen LogP contribution is 1.70. The molecule has 0 unspecified atom stereocenters. The largest absolute Gasteiger partial charge is 0.385 e. The quantitative estimate of drug-likeness (QED) is 0.564. The maximum Gasteiger partial charge on any atom is 0.0459 e. The van der Waals surface area contributed by atoms with Crippen molar-refractivity contribution in [3.05, 3.63) is 0 Å². The molecule has 0 aromatic rings. The van der Waals surface area contributed by atoms with Gasteiger partial charge in [-0.15, -0.1) is 0 Å². The summed E-state index contributed by atoms with van der Waals surface area (Å²) in [7, 11) is 1.71. The molecule has 0 saturated heterocycles. The van der Waals surface area contributed by atoms with Crippen LogP contribution in [0.25, 0.3) is 0 Å². The van der Waals surface area contributed by atoms with Crippen LogP contribution in [-0.4, -0.2) is 13.7 Å². The Balaban J connectivity index is -0.0000000771. The second-order valence-electron chi connectivity index (χ2n) is 0.993. The van der Waals surface area contributed by atoms with Gasteiger partial charge in [-0.2, -0.15) is 0 Å². The molecule has 0 aromatic heterocycles. The Morgan fingerprint density at radius 3 is 1.33 bits per heavy atom. The van der Waals surface area contributed by atoms with Gasteiger partial charge < -0.3 is 4.74 Å². The lowest BCUT2D eigenvalue weighted by Gasteiger charge is -1.84. The molecular weight excluding hydrogens is 112 g/mol. The van der Waals surface area contributed by atoms with E-state index in [1.165, 1.54) is 0 Å². The zero-order valence-electron chi connectivity index (χ0n) is 7.82. The maximum absolute atomic E-state index is 4.69. The first kappa shape index (κ1) is 16.0. The molecule has 0 amide bonds. The first-order valence-electron chi connectivity index (χ1n) is 3.90. The molecule has 0 aliphatic carbocycles. The molecule has 0 fully saturated rings. The van der Waals surface area contributed by atoms with E-state index in [1.807, 2.05) is 27.7 Å². The van der Waals surface area contributed by atoms with E-state index in [0.717, 1.165) is 13.0 Å². The third-order valence-corrected chi connectivity index (χ3v) is 0.408. The van der Waals surface area contributed by atoms with Crippen LogP contribution in [0, 0.1) is 0 Å². The smallest absolute Gasteiger partial charge is 0.0459 e. The highest BCUT2D eigenvalue weighted by Gasteiger charge is 1.66. The highest BCUT2D eigenvalue weighted by atomic mass is 16.5. The van der Waals surface area contributed by atoms with Crippen molar-refractivity contribution >= 4 is 0 Å². The van der Waals surface area contributed by atoms with E-state index in [9.17, 15) is 0 Å². The molecule has 0 rings (SSSR count). The van der Waals surface area contributed by atoms with Crippen molar-refractivity contribution in [1.29, 1.82) is 0 Å². The second kappa shape index (κ2) is 44.0. The van der Waals surface area contributed by atoms with Crippen LogP contribution in [0.3, 0.4) is 0 Å². The third-order valence-electron chi connectivity index (χ3n) is 0.408. The molecule has 0 N–H and O–H groups in total. The summed E-state index contributed by atoms with van der Waals surface area (Å²) in [4.78, 5) is 0. The van der Waals surface area contributed by atoms with E-state index in [-0.39, 0.29) is 0 Å². The topological polar surface area (TPSA) is 9.23 Å².